The molecule has 0 unspecified atom stereocenters. The summed E-state index contributed by atoms with van der Waals surface area (Å²) in [6.07, 6.45) is 3.60. The van der Waals surface area contributed by atoms with Crippen molar-refractivity contribution in [2.75, 3.05) is 20.2 Å². The summed E-state index contributed by atoms with van der Waals surface area (Å²) in [7, 11) is 1.70. The lowest BCUT2D eigenvalue weighted by molar-refractivity contribution is 0.0907. The van der Waals surface area contributed by atoms with E-state index in [-0.39, 0.29) is 17.9 Å². The second kappa shape index (κ2) is 10.2. The minimum atomic E-state index is -0.0247. The molecule has 1 amide bonds. The second-order valence-corrected chi connectivity index (χ2v) is 9.22. The van der Waals surface area contributed by atoms with Gasteiger partial charge in [-0.2, -0.15) is 5.10 Å². The summed E-state index contributed by atoms with van der Waals surface area (Å²) in [5, 5.41) is 7.83. The Kier molecular flexibility index (Phi) is 7.14. The lowest BCUT2D eigenvalue weighted by Gasteiger charge is -2.32. The predicted octanol–water partition coefficient (Wildman–Crippen LogP) is 4.71. The zero-order chi connectivity index (χ0) is 23.4. The first kappa shape index (κ1) is 23.1. The predicted molar refractivity (Wildman–Crippen MR) is 131 cm³/mol. The van der Waals surface area contributed by atoms with E-state index in [1.54, 1.807) is 13.3 Å². The Bertz CT molecular complexity index is 1080. The summed E-state index contributed by atoms with van der Waals surface area (Å²) < 4.78 is 7.23. The zero-order valence-electron chi connectivity index (χ0n) is 20.0. The number of nitrogens with zero attached hydrogens (tertiary/aromatic N) is 3. The first-order valence-electron chi connectivity index (χ1n) is 11.8. The maximum Gasteiger partial charge on any atom is 0.255 e. The van der Waals surface area contributed by atoms with Gasteiger partial charge in [0.15, 0.2) is 0 Å². The number of nitrogens with one attached hydrogen (secondary N) is 1. The Morgan fingerprint density at radius 1 is 1.15 bits per heavy atom. The van der Waals surface area contributed by atoms with E-state index in [4.69, 9.17) is 4.74 Å². The van der Waals surface area contributed by atoms with Crippen molar-refractivity contribution in [1.29, 1.82) is 0 Å². The number of aromatic nitrogens is 2. The zero-order valence-corrected chi connectivity index (χ0v) is 20.0. The summed E-state index contributed by atoms with van der Waals surface area (Å²) >= 11 is 0. The van der Waals surface area contributed by atoms with Gasteiger partial charge in [-0.05, 0) is 55.5 Å². The molecule has 2 aromatic carbocycles. The Morgan fingerprint density at radius 3 is 2.55 bits per heavy atom. The molecule has 33 heavy (non-hydrogen) atoms. The molecule has 1 aliphatic rings. The van der Waals surface area contributed by atoms with Gasteiger partial charge in [0.2, 0.25) is 0 Å². The van der Waals surface area contributed by atoms with Crippen LogP contribution in [0.2, 0.25) is 0 Å². The number of carbonyl (C=O) groups is 1. The highest BCUT2D eigenvalue weighted by Gasteiger charge is 2.25. The van der Waals surface area contributed by atoms with Crippen molar-refractivity contribution in [2.24, 2.45) is 0 Å². The molecular weight excluding hydrogens is 412 g/mol. The van der Waals surface area contributed by atoms with Gasteiger partial charge in [0.25, 0.3) is 5.91 Å². The largest absolute Gasteiger partial charge is 0.497 e. The van der Waals surface area contributed by atoms with Crippen LogP contribution in [0.15, 0.2) is 54.7 Å². The maximum atomic E-state index is 13.2. The summed E-state index contributed by atoms with van der Waals surface area (Å²) in [6, 6.07) is 16.6. The Labute approximate surface area is 196 Å². The van der Waals surface area contributed by atoms with Crippen LogP contribution in [0.5, 0.6) is 5.75 Å². The first-order valence-corrected chi connectivity index (χ1v) is 11.8. The van der Waals surface area contributed by atoms with E-state index in [0.29, 0.717) is 5.56 Å². The number of ether oxygens (including phenoxy) is 1. The molecule has 0 bridgehead atoms. The van der Waals surface area contributed by atoms with Gasteiger partial charge in [-0.1, -0.05) is 43.7 Å². The molecule has 1 fully saturated rings. The van der Waals surface area contributed by atoms with E-state index in [9.17, 15) is 4.79 Å². The van der Waals surface area contributed by atoms with Gasteiger partial charge < -0.3 is 10.1 Å². The van der Waals surface area contributed by atoms with Crippen LogP contribution in [-0.2, 0) is 6.54 Å². The molecule has 4 rings (SSSR count). The van der Waals surface area contributed by atoms with Crippen molar-refractivity contribution in [1.82, 2.24) is 20.0 Å². The summed E-state index contributed by atoms with van der Waals surface area (Å²) in [6.45, 7) is 9.10. The molecular formula is C27H34N4O2. The highest BCUT2D eigenvalue weighted by Crippen LogP contribution is 2.24. The number of hydrogen-bond acceptors (Lipinski definition) is 4. The monoisotopic (exact) mass is 446 g/mol. The Balaban J connectivity index is 1.38. The quantitative estimate of drug-likeness (QED) is 0.571. The second-order valence-electron chi connectivity index (χ2n) is 9.22. The molecule has 174 valence electrons. The van der Waals surface area contributed by atoms with Crippen molar-refractivity contribution in [2.45, 2.75) is 52.1 Å². The van der Waals surface area contributed by atoms with Crippen LogP contribution in [0.3, 0.4) is 0 Å². The highest BCUT2D eigenvalue weighted by molar-refractivity contribution is 5.95. The number of piperidine rings is 1. The SMILES string of the molecule is COc1cccc(CN2CCC(NC(=O)c3cnn(-c4ccc(C)cc4)c3C(C)C)CC2)c1. The molecule has 0 spiro atoms. The van der Waals surface area contributed by atoms with E-state index in [1.165, 1.54) is 11.1 Å². The molecule has 6 nitrogen and oxygen atoms in total. The highest BCUT2D eigenvalue weighted by atomic mass is 16.5. The molecule has 1 saturated heterocycles. The number of carbonyl (C=O) groups excluding carboxylic acids is 1. The van der Waals surface area contributed by atoms with Crippen LogP contribution in [0.1, 0.15) is 59.8 Å². The van der Waals surface area contributed by atoms with Crippen molar-refractivity contribution < 1.29 is 9.53 Å². The topological polar surface area (TPSA) is 59.4 Å². The molecule has 1 aromatic heterocycles. The lowest BCUT2D eigenvalue weighted by atomic mass is 10.0. The maximum absolute atomic E-state index is 13.2. The number of rotatable bonds is 7. The number of methoxy groups -OCH3 is 1. The molecule has 0 radical (unpaired) electrons. The van der Waals surface area contributed by atoms with E-state index in [0.717, 1.165) is 49.6 Å². The third kappa shape index (κ3) is 5.45. The van der Waals surface area contributed by atoms with Crippen LogP contribution in [0, 0.1) is 6.92 Å². The van der Waals surface area contributed by atoms with E-state index >= 15 is 0 Å². The molecule has 3 aromatic rings. The molecule has 0 saturated carbocycles. The fraction of sp³-hybridized carbons (Fsp3) is 0.407. The molecule has 2 heterocycles. The average Bonchev–Trinajstić information content (AvgIpc) is 3.27. The third-order valence-electron chi connectivity index (χ3n) is 6.34. The lowest BCUT2D eigenvalue weighted by Crippen LogP contribution is -2.44. The van der Waals surface area contributed by atoms with Gasteiger partial charge in [0.1, 0.15) is 5.75 Å². The number of aryl methyl sites for hydroxylation is 1. The number of amides is 1. The number of likely N-dealkylation sites (tertiary alicyclic amines) is 1. The van der Waals surface area contributed by atoms with Crippen LogP contribution in [0.4, 0.5) is 0 Å². The van der Waals surface area contributed by atoms with Crippen molar-refractivity contribution in [3.05, 3.63) is 77.1 Å². The minimum absolute atomic E-state index is 0.0247. The van der Waals surface area contributed by atoms with Crippen molar-refractivity contribution >= 4 is 5.91 Å². The third-order valence-corrected chi connectivity index (χ3v) is 6.34. The molecule has 1 aliphatic heterocycles. The minimum Gasteiger partial charge on any atom is -0.497 e. The van der Waals surface area contributed by atoms with E-state index in [1.807, 2.05) is 28.9 Å². The van der Waals surface area contributed by atoms with Gasteiger partial charge in [0, 0.05) is 25.7 Å². The number of hydrogen-bond donors (Lipinski definition) is 1. The van der Waals surface area contributed by atoms with Crippen molar-refractivity contribution in [3.63, 3.8) is 0 Å². The van der Waals surface area contributed by atoms with Gasteiger partial charge in [-0.25, -0.2) is 4.68 Å². The number of benzene rings is 2. The molecule has 1 N–H and O–H groups in total. The van der Waals surface area contributed by atoms with Crippen LogP contribution in [0.25, 0.3) is 5.69 Å². The van der Waals surface area contributed by atoms with Crippen molar-refractivity contribution in [3.8, 4) is 11.4 Å². The van der Waals surface area contributed by atoms with Crippen LogP contribution < -0.4 is 10.1 Å². The first-order chi connectivity index (χ1) is 15.9. The van der Waals surface area contributed by atoms with E-state index < -0.39 is 0 Å². The Hall–Kier alpha value is -3.12. The molecule has 6 heteroatoms. The summed E-state index contributed by atoms with van der Waals surface area (Å²) in [4.78, 5) is 15.6. The smallest absolute Gasteiger partial charge is 0.255 e. The summed E-state index contributed by atoms with van der Waals surface area (Å²) in [5.41, 5.74) is 5.06. The van der Waals surface area contributed by atoms with E-state index in [2.05, 4.69) is 60.4 Å². The van der Waals surface area contributed by atoms with Gasteiger partial charge in [-0.15, -0.1) is 0 Å². The molecule has 0 atom stereocenters. The average molecular weight is 447 g/mol. The van der Waals surface area contributed by atoms with Crippen LogP contribution in [-0.4, -0.2) is 46.8 Å². The summed E-state index contributed by atoms with van der Waals surface area (Å²) in [5.74, 6) is 1.05. The fourth-order valence-electron chi connectivity index (χ4n) is 4.51. The van der Waals surface area contributed by atoms with Gasteiger partial charge in [0.05, 0.1) is 30.3 Å². The van der Waals surface area contributed by atoms with Crippen LogP contribution >= 0.6 is 0 Å². The normalized spacial score (nSPS) is 15.1. The Morgan fingerprint density at radius 2 is 1.88 bits per heavy atom. The fourth-order valence-corrected chi connectivity index (χ4v) is 4.51. The van der Waals surface area contributed by atoms with Gasteiger partial charge >= 0.3 is 0 Å². The standard InChI is InChI=1S/C27H34N4O2/c1-19(2)26-25(17-28-31(26)23-10-8-20(3)9-11-23)27(32)29-22-12-14-30(15-13-22)18-21-6-5-7-24(16-21)33-4/h5-11,16-17,19,22H,12-15,18H2,1-4H3,(H,29,32). The molecule has 0 aliphatic carbocycles. The van der Waals surface area contributed by atoms with Gasteiger partial charge in [-0.3, -0.25) is 9.69 Å².